The summed E-state index contributed by atoms with van der Waals surface area (Å²) >= 11 is 11.2. The third-order valence-electron chi connectivity index (χ3n) is 4.03. The van der Waals surface area contributed by atoms with Gasteiger partial charge in [-0.25, -0.2) is 0 Å². The summed E-state index contributed by atoms with van der Waals surface area (Å²) in [5.41, 5.74) is 1.74. The Labute approximate surface area is 179 Å². The van der Waals surface area contributed by atoms with Crippen LogP contribution in [0.2, 0.25) is 5.02 Å². The molecule has 9 heteroatoms. The summed E-state index contributed by atoms with van der Waals surface area (Å²) in [6.07, 6.45) is 0. The topological polar surface area (TPSA) is 69.6 Å². The Morgan fingerprint density at radius 1 is 1.04 bits per heavy atom. The van der Waals surface area contributed by atoms with Crippen LogP contribution in [0.5, 0.6) is 0 Å². The molecule has 0 atom stereocenters. The highest BCUT2D eigenvalue weighted by molar-refractivity contribution is 9.10. The molecule has 0 aliphatic rings. The van der Waals surface area contributed by atoms with Gasteiger partial charge in [0, 0.05) is 16.6 Å². The van der Waals surface area contributed by atoms with Crippen molar-refractivity contribution in [1.29, 1.82) is 0 Å². The van der Waals surface area contributed by atoms with E-state index >= 15 is 0 Å². The Balaban J connectivity index is 1.51. The van der Waals surface area contributed by atoms with E-state index in [-0.39, 0.29) is 0 Å². The lowest BCUT2D eigenvalue weighted by Crippen LogP contribution is -1.99. The minimum atomic E-state index is 0.411. The van der Waals surface area contributed by atoms with Crippen LogP contribution in [0.25, 0.3) is 22.8 Å². The van der Waals surface area contributed by atoms with Crippen molar-refractivity contribution in [3.8, 4) is 22.8 Å². The number of rotatable bonds is 6. The minimum Gasteiger partial charge on any atom is -0.420 e. The number of hydrogen-bond acceptors (Lipinski definition) is 6. The SMILES string of the molecule is CCn1c(SCc2nnc(-c3ccccc3Cl)o2)nnc1-c1ccc(Br)cc1. The number of thioether (sulfide) groups is 1. The molecule has 0 amide bonds. The summed E-state index contributed by atoms with van der Waals surface area (Å²) in [4.78, 5) is 0. The molecule has 0 fully saturated rings. The van der Waals surface area contributed by atoms with Gasteiger partial charge in [0.25, 0.3) is 0 Å². The van der Waals surface area contributed by atoms with E-state index in [1.807, 2.05) is 42.5 Å². The molecule has 2 heterocycles. The zero-order valence-corrected chi connectivity index (χ0v) is 18.0. The molecular formula is C19H15BrClN5OS. The monoisotopic (exact) mass is 475 g/mol. The number of halogens is 2. The summed E-state index contributed by atoms with van der Waals surface area (Å²) in [6, 6.07) is 15.4. The van der Waals surface area contributed by atoms with Crippen LogP contribution >= 0.6 is 39.3 Å². The standard InChI is InChI=1S/C19H15BrClN5OS/c1-2-26-17(12-7-9-13(20)10-8-12)23-25-19(26)28-11-16-22-24-18(27-16)14-5-3-4-6-15(14)21/h3-10H,2,11H2,1H3. The van der Waals surface area contributed by atoms with E-state index in [0.717, 1.165) is 33.1 Å². The molecule has 0 saturated heterocycles. The van der Waals surface area contributed by atoms with Crippen molar-refractivity contribution in [2.24, 2.45) is 0 Å². The molecule has 6 nitrogen and oxygen atoms in total. The third kappa shape index (κ3) is 3.99. The Bertz CT molecular complexity index is 1100. The van der Waals surface area contributed by atoms with Crippen LogP contribution in [0.4, 0.5) is 0 Å². The predicted octanol–water partition coefficient (Wildman–Crippen LogP) is 5.72. The largest absolute Gasteiger partial charge is 0.420 e. The van der Waals surface area contributed by atoms with Crippen LogP contribution in [0.1, 0.15) is 12.8 Å². The van der Waals surface area contributed by atoms with Gasteiger partial charge in [-0.1, -0.05) is 63.6 Å². The van der Waals surface area contributed by atoms with Crippen LogP contribution in [0.3, 0.4) is 0 Å². The van der Waals surface area contributed by atoms with Crippen molar-refractivity contribution in [1.82, 2.24) is 25.0 Å². The molecular weight excluding hydrogens is 462 g/mol. The predicted molar refractivity (Wildman–Crippen MR) is 113 cm³/mol. The second kappa shape index (κ2) is 8.46. The van der Waals surface area contributed by atoms with Crippen molar-refractivity contribution in [3.05, 3.63) is 63.9 Å². The smallest absolute Gasteiger partial charge is 0.249 e. The number of nitrogens with zero attached hydrogens (tertiary/aromatic N) is 5. The molecule has 142 valence electrons. The first-order valence-corrected chi connectivity index (χ1v) is 10.7. The molecule has 0 aliphatic heterocycles. The Hall–Kier alpha value is -2.16. The Morgan fingerprint density at radius 2 is 1.82 bits per heavy atom. The van der Waals surface area contributed by atoms with Crippen LogP contribution in [0.15, 0.2) is 62.6 Å². The van der Waals surface area contributed by atoms with Crippen molar-refractivity contribution in [2.75, 3.05) is 0 Å². The second-order valence-corrected chi connectivity index (χ2v) is 8.09. The highest BCUT2D eigenvalue weighted by Gasteiger charge is 2.16. The fourth-order valence-corrected chi connectivity index (χ4v) is 3.99. The van der Waals surface area contributed by atoms with Crippen molar-refractivity contribution < 1.29 is 4.42 Å². The molecule has 2 aromatic carbocycles. The summed E-state index contributed by atoms with van der Waals surface area (Å²) in [7, 11) is 0. The van der Waals surface area contributed by atoms with Gasteiger partial charge < -0.3 is 8.98 Å². The highest BCUT2D eigenvalue weighted by Crippen LogP contribution is 2.29. The second-order valence-electron chi connectivity index (χ2n) is 5.83. The molecule has 0 aliphatic carbocycles. The number of aromatic nitrogens is 5. The van der Waals surface area contributed by atoms with Crippen molar-refractivity contribution in [2.45, 2.75) is 24.4 Å². The summed E-state index contributed by atoms with van der Waals surface area (Å²) in [6.45, 7) is 2.83. The normalized spacial score (nSPS) is 11.1. The van der Waals surface area contributed by atoms with E-state index in [9.17, 15) is 0 Å². The maximum atomic E-state index is 6.19. The van der Waals surface area contributed by atoms with Gasteiger partial charge in [-0.2, -0.15) is 0 Å². The third-order valence-corrected chi connectivity index (χ3v) is 5.84. The fourth-order valence-electron chi connectivity index (χ4n) is 2.67. The Morgan fingerprint density at radius 3 is 2.57 bits per heavy atom. The van der Waals surface area contributed by atoms with Gasteiger partial charge in [0.05, 0.1) is 16.3 Å². The van der Waals surface area contributed by atoms with Gasteiger partial charge in [0.2, 0.25) is 11.8 Å². The van der Waals surface area contributed by atoms with Gasteiger partial charge in [0.1, 0.15) is 0 Å². The van der Waals surface area contributed by atoms with Crippen LogP contribution in [-0.4, -0.2) is 25.0 Å². The van der Waals surface area contributed by atoms with Gasteiger partial charge in [0.15, 0.2) is 11.0 Å². The fraction of sp³-hybridized carbons (Fsp3) is 0.158. The molecule has 0 radical (unpaired) electrons. The van der Waals surface area contributed by atoms with Crippen LogP contribution in [0, 0.1) is 0 Å². The Kier molecular flexibility index (Phi) is 5.79. The van der Waals surface area contributed by atoms with E-state index < -0.39 is 0 Å². The van der Waals surface area contributed by atoms with Gasteiger partial charge in [-0.15, -0.1) is 20.4 Å². The summed E-state index contributed by atoms with van der Waals surface area (Å²) in [5, 5.41) is 18.3. The molecule has 0 saturated carbocycles. The van der Waals surface area contributed by atoms with Crippen LogP contribution in [-0.2, 0) is 12.3 Å². The highest BCUT2D eigenvalue weighted by atomic mass is 79.9. The number of hydrogen-bond donors (Lipinski definition) is 0. The zero-order valence-electron chi connectivity index (χ0n) is 14.8. The molecule has 0 N–H and O–H groups in total. The zero-order chi connectivity index (χ0) is 19.5. The average Bonchev–Trinajstić information content (AvgIpc) is 3.34. The van der Waals surface area contributed by atoms with E-state index in [1.165, 1.54) is 11.8 Å². The van der Waals surface area contributed by atoms with E-state index in [4.69, 9.17) is 16.0 Å². The van der Waals surface area contributed by atoms with Crippen LogP contribution < -0.4 is 0 Å². The summed E-state index contributed by atoms with van der Waals surface area (Å²) in [5.74, 6) is 2.25. The van der Waals surface area contributed by atoms with Crippen molar-refractivity contribution >= 4 is 39.3 Å². The first kappa shape index (κ1) is 19.2. The minimum absolute atomic E-state index is 0.411. The first-order chi connectivity index (χ1) is 13.7. The lowest BCUT2D eigenvalue weighted by molar-refractivity contribution is 0.528. The van der Waals surface area contributed by atoms with Gasteiger partial charge >= 0.3 is 0 Å². The maximum Gasteiger partial charge on any atom is 0.249 e. The van der Waals surface area contributed by atoms with E-state index in [0.29, 0.717) is 22.6 Å². The molecule has 0 bridgehead atoms. The summed E-state index contributed by atoms with van der Waals surface area (Å²) < 4.78 is 8.86. The molecule has 0 spiro atoms. The molecule has 2 aromatic heterocycles. The van der Waals surface area contributed by atoms with E-state index in [2.05, 4.69) is 47.8 Å². The maximum absolute atomic E-state index is 6.19. The molecule has 0 unspecified atom stereocenters. The lowest BCUT2D eigenvalue weighted by Gasteiger charge is -2.06. The molecule has 4 aromatic rings. The van der Waals surface area contributed by atoms with E-state index in [1.54, 1.807) is 6.07 Å². The van der Waals surface area contributed by atoms with Crippen molar-refractivity contribution in [3.63, 3.8) is 0 Å². The molecule has 4 rings (SSSR count). The number of benzene rings is 2. The average molecular weight is 477 g/mol. The van der Waals surface area contributed by atoms with Gasteiger partial charge in [-0.05, 0) is 31.2 Å². The quantitative estimate of drug-likeness (QED) is 0.331. The van der Waals surface area contributed by atoms with Gasteiger partial charge in [-0.3, -0.25) is 0 Å². The molecule has 28 heavy (non-hydrogen) atoms. The lowest BCUT2D eigenvalue weighted by atomic mass is 10.2. The first-order valence-electron chi connectivity index (χ1n) is 8.55.